The zero-order chi connectivity index (χ0) is 58.6. The van der Waals surface area contributed by atoms with Gasteiger partial charge in [-0.05, 0) is 195 Å². The monoisotopic (exact) mass is 1080 g/mol. The topological polar surface area (TPSA) is 11.4 Å². The number of nitrogens with zero attached hydrogens (tertiary/aromatic N) is 3. The van der Waals surface area contributed by atoms with Crippen LogP contribution in [0.5, 0.6) is 0 Å². The lowest BCUT2D eigenvalue weighted by Crippen LogP contribution is -2.61. The molecule has 0 amide bonds. The van der Waals surface area contributed by atoms with E-state index in [2.05, 4.69) is 298 Å². The maximum Gasteiger partial charge on any atom is 0.252 e. The Hall–Kier alpha value is -6.78. The standard InChI is InChI=1S/C78H88BN3/c1-71(2,3)48-26-32-63(54(36-48)47-24-22-21-23-25-47)82-66-35-29-51(74(10,11)12)39-61(66)79-62-43-59-60(78(19,20)46-77(59,17)18)44-67(62)80(52-30-31-57-58(40-52)76(15,16)45-75(57,13)14)68-41-53(42-69(82)70(68)79)81-64-33-27-49(72(4,5)6)37-55(64)56-38-50(73(7,8)9)28-34-65(56)81/h21-44H,45-46H2,1-20H3. The maximum absolute atomic E-state index is 2.73. The van der Waals surface area contributed by atoms with E-state index in [1.165, 1.54) is 128 Å². The fourth-order valence-corrected chi connectivity index (χ4v) is 16.0. The molecular weight excluding hydrogens is 990 g/mol. The molecule has 418 valence electrons. The van der Waals surface area contributed by atoms with Crippen LogP contribution in [0.25, 0.3) is 38.6 Å². The van der Waals surface area contributed by atoms with Gasteiger partial charge in [0.05, 0.1) is 22.4 Å². The lowest BCUT2D eigenvalue weighted by atomic mass is 9.33. The highest BCUT2D eigenvalue weighted by atomic mass is 15.2. The number of rotatable bonds is 4. The van der Waals surface area contributed by atoms with Gasteiger partial charge in [-0.1, -0.05) is 211 Å². The third-order valence-corrected chi connectivity index (χ3v) is 19.9. The minimum absolute atomic E-state index is 0.00125. The van der Waals surface area contributed by atoms with E-state index in [9.17, 15) is 0 Å². The van der Waals surface area contributed by atoms with E-state index in [1.807, 2.05) is 0 Å². The Morgan fingerprint density at radius 1 is 0.354 bits per heavy atom. The minimum atomic E-state index is -0.0783. The van der Waals surface area contributed by atoms with Crippen molar-refractivity contribution in [1.82, 2.24) is 4.57 Å². The predicted octanol–water partition coefficient (Wildman–Crippen LogP) is 19.6. The number of hydrogen-bond donors (Lipinski definition) is 0. The summed E-state index contributed by atoms with van der Waals surface area (Å²) in [5.41, 5.74) is 28.7. The first-order valence-corrected chi connectivity index (χ1v) is 30.7. The summed E-state index contributed by atoms with van der Waals surface area (Å²) >= 11 is 0. The van der Waals surface area contributed by atoms with Crippen molar-refractivity contribution in [3.63, 3.8) is 0 Å². The average Bonchev–Trinajstić information content (AvgIpc) is 1.06. The van der Waals surface area contributed by atoms with Crippen LogP contribution in [-0.4, -0.2) is 11.3 Å². The molecule has 0 unspecified atom stereocenters. The molecule has 2 aliphatic carbocycles. The molecule has 4 heteroatoms. The van der Waals surface area contributed by atoms with Crippen LogP contribution in [0.3, 0.4) is 0 Å². The summed E-state index contributed by atoms with van der Waals surface area (Å²) in [5, 5.41) is 2.59. The van der Waals surface area contributed by atoms with Gasteiger partial charge in [0.15, 0.2) is 0 Å². The van der Waals surface area contributed by atoms with E-state index < -0.39 is 0 Å². The second kappa shape index (κ2) is 17.4. The Morgan fingerprint density at radius 2 is 0.805 bits per heavy atom. The fourth-order valence-electron chi connectivity index (χ4n) is 16.0. The molecule has 4 aliphatic rings. The molecule has 0 radical (unpaired) electrons. The zero-order valence-corrected chi connectivity index (χ0v) is 53.2. The first-order chi connectivity index (χ1) is 38.1. The van der Waals surface area contributed by atoms with Crippen LogP contribution in [0.2, 0.25) is 0 Å². The van der Waals surface area contributed by atoms with Gasteiger partial charge in [0.1, 0.15) is 0 Å². The van der Waals surface area contributed by atoms with Crippen molar-refractivity contribution in [2.75, 3.05) is 9.80 Å². The van der Waals surface area contributed by atoms with Crippen molar-refractivity contribution in [3.8, 4) is 16.8 Å². The van der Waals surface area contributed by atoms with Gasteiger partial charge in [0.25, 0.3) is 6.71 Å². The number of fused-ring (bicyclic) bond motifs is 9. The highest BCUT2D eigenvalue weighted by Gasteiger charge is 2.50. The first kappa shape index (κ1) is 54.5. The van der Waals surface area contributed by atoms with E-state index in [4.69, 9.17) is 0 Å². The molecule has 0 spiro atoms. The molecule has 0 N–H and O–H groups in total. The van der Waals surface area contributed by atoms with Gasteiger partial charge in [0, 0.05) is 44.8 Å². The van der Waals surface area contributed by atoms with Crippen molar-refractivity contribution >= 4 is 79.0 Å². The van der Waals surface area contributed by atoms with Crippen LogP contribution in [0.15, 0.2) is 146 Å². The van der Waals surface area contributed by atoms with Crippen LogP contribution >= 0.6 is 0 Å². The third kappa shape index (κ3) is 8.32. The summed E-state index contributed by atoms with van der Waals surface area (Å²) in [4.78, 5) is 5.43. The largest absolute Gasteiger partial charge is 0.311 e. The number of benzene rings is 8. The molecule has 1 aromatic heterocycles. The van der Waals surface area contributed by atoms with E-state index >= 15 is 0 Å². The van der Waals surface area contributed by atoms with Crippen molar-refractivity contribution in [3.05, 3.63) is 190 Å². The maximum atomic E-state index is 2.73. The van der Waals surface area contributed by atoms with Gasteiger partial charge in [-0.3, -0.25) is 0 Å². The molecular formula is C78H88BN3. The van der Waals surface area contributed by atoms with Crippen LogP contribution in [0, 0.1) is 0 Å². The normalized spacial score (nSPS) is 17.5. The van der Waals surface area contributed by atoms with Crippen LogP contribution in [0.4, 0.5) is 34.1 Å². The van der Waals surface area contributed by atoms with Gasteiger partial charge in [-0.15, -0.1) is 0 Å². The lowest BCUT2D eigenvalue weighted by Gasteiger charge is -2.46. The van der Waals surface area contributed by atoms with E-state index in [0.29, 0.717) is 0 Å². The zero-order valence-electron chi connectivity index (χ0n) is 53.2. The van der Waals surface area contributed by atoms with Crippen LogP contribution < -0.4 is 26.2 Å². The quantitative estimate of drug-likeness (QED) is 0.163. The Balaban J connectivity index is 1.23. The predicted molar refractivity (Wildman–Crippen MR) is 356 cm³/mol. The SMILES string of the molecule is CC(C)(C)c1ccc2c(c1)B1c3cc4c(cc3N(c3ccc5c(c3)C(C)(C)CC5(C)C)c3cc(-n5c6ccc(C(C)(C)C)cc6c6cc(C(C)(C)C)ccc65)cc(c31)N2c1ccc(C(C)(C)C)cc1-c1ccccc1)C(C)(C)CC4(C)C. The summed E-state index contributed by atoms with van der Waals surface area (Å²) in [6.07, 6.45) is 2.21. The fraction of sp³-hybridized carbons (Fsp3) is 0.385. The van der Waals surface area contributed by atoms with Crippen molar-refractivity contribution in [2.24, 2.45) is 0 Å². The molecule has 3 nitrogen and oxygen atoms in total. The molecule has 0 fully saturated rings. The van der Waals surface area contributed by atoms with E-state index in [1.54, 1.807) is 0 Å². The van der Waals surface area contributed by atoms with Gasteiger partial charge >= 0.3 is 0 Å². The molecule has 0 saturated carbocycles. The second-order valence-electron chi connectivity index (χ2n) is 32.2. The highest BCUT2D eigenvalue weighted by Crippen LogP contribution is 2.56. The lowest BCUT2D eigenvalue weighted by molar-refractivity contribution is 0.403. The summed E-state index contributed by atoms with van der Waals surface area (Å²) in [6, 6.07) is 58.8. The number of aromatic nitrogens is 1. The van der Waals surface area contributed by atoms with Gasteiger partial charge in [-0.25, -0.2) is 0 Å². The summed E-state index contributed by atoms with van der Waals surface area (Å²) in [5.74, 6) is 0. The Morgan fingerprint density at radius 3 is 1.35 bits per heavy atom. The highest BCUT2D eigenvalue weighted by molar-refractivity contribution is 7.00. The van der Waals surface area contributed by atoms with Crippen LogP contribution in [-0.2, 0) is 43.3 Å². The first-order valence-electron chi connectivity index (χ1n) is 30.7. The summed E-state index contributed by atoms with van der Waals surface area (Å²) < 4.78 is 2.61. The van der Waals surface area contributed by atoms with Gasteiger partial charge in [0.2, 0.25) is 0 Å². The smallest absolute Gasteiger partial charge is 0.252 e. The van der Waals surface area contributed by atoms with Crippen LogP contribution in [0.1, 0.15) is 196 Å². The Labute approximate surface area is 492 Å². The van der Waals surface area contributed by atoms with Gasteiger partial charge < -0.3 is 14.4 Å². The molecule has 0 atom stereocenters. The Bertz CT molecular complexity index is 4080. The molecule has 8 aromatic carbocycles. The molecule has 82 heavy (non-hydrogen) atoms. The average molecular weight is 1080 g/mol. The number of hydrogen-bond acceptors (Lipinski definition) is 2. The molecule has 3 heterocycles. The molecule has 13 rings (SSSR count). The van der Waals surface area contributed by atoms with E-state index in [-0.39, 0.29) is 50.0 Å². The summed E-state index contributed by atoms with van der Waals surface area (Å²) in [7, 11) is 0. The van der Waals surface area contributed by atoms with E-state index in [0.717, 1.165) is 18.5 Å². The Kier molecular flexibility index (Phi) is 11.6. The van der Waals surface area contributed by atoms with Crippen molar-refractivity contribution in [1.29, 1.82) is 0 Å². The number of anilines is 6. The third-order valence-electron chi connectivity index (χ3n) is 19.9. The molecule has 9 aromatic rings. The molecule has 0 saturated heterocycles. The molecule has 2 aliphatic heterocycles. The molecule has 0 bridgehead atoms. The van der Waals surface area contributed by atoms with Crippen molar-refractivity contribution < 1.29 is 0 Å². The van der Waals surface area contributed by atoms with Crippen molar-refractivity contribution in [2.45, 2.75) is 195 Å². The second-order valence-corrected chi connectivity index (χ2v) is 32.2. The summed E-state index contributed by atoms with van der Waals surface area (Å²) in [6.45, 7) is 48.0. The van der Waals surface area contributed by atoms with Gasteiger partial charge in [-0.2, -0.15) is 0 Å². The minimum Gasteiger partial charge on any atom is -0.311 e.